The monoisotopic (exact) mass is 435 g/mol. The van der Waals surface area contributed by atoms with E-state index in [2.05, 4.69) is 0 Å². The fraction of sp³-hybridized carbons (Fsp3) is 0.500. The zero-order valence-electron chi connectivity index (χ0n) is 16.7. The SMILES string of the molecule is CC(=O)C(CO)(N1CCCC1)N(SCCCN1C(=O)c2ccccc2C1=O)C(=O)O. The van der Waals surface area contributed by atoms with Gasteiger partial charge in [0.1, 0.15) is 0 Å². The third-order valence-corrected chi connectivity index (χ3v) is 6.74. The predicted molar refractivity (Wildman–Crippen MR) is 110 cm³/mol. The Bertz CT molecular complexity index is 822. The van der Waals surface area contributed by atoms with Crippen LogP contribution in [0, 0.1) is 0 Å². The van der Waals surface area contributed by atoms with Gasteiger partial charge in [0.05, 0.1) is 17.7 Å². The molecule has 2 heterocycles. The van der Waals surface area contributed by atoms with Crippen LogP contribution in [0.4, 0.5) is 4.79 Å². The van der Waals surface area contributed by atoms with Crippen molar-refractivity contribution in [1.29, 1.82) is 0 Å². The summed E-state index contributed by atoms with van der Waals surface area (Å²) in [6.07, 6.45) is 0.677. The number of benzene rings is 1. The van der Waals surface area contributed by atoms with E-state index in [4.69, 9.17) is 0 Å². The maximum Gasteiger partial charge on any atom is 0.419 e. The highest BCUT2D eigenvalue weighted by molar-refractivity contribution is 7.97. The standard InChI is InChI=1S/C20H25N3O6S/c1-14(25)20(13-24,21-9-4-5-10-21)23(19(28)29)30-12-6-11-22-17(26)15-7-2-3-8-16(15)18(22)27/h2-3,7-8,24H,4-6,9-13H2,1H3,(H,28,29). The second kappa shape index (κ2) is 9.15. The minimum Gasteiger partial charge on any atom is -0.464 e. The van der Waals surface area contributed by atoms with Gasteiger partial charge in [-0.3, -0.25) is 24.2 Å². The van der Waals surface area contributed by atoms with E-state index in [1.54, 1.807) is 29.2 Å². The number of amides is 3. The van der Waals surface area contributed by atoms with E-state index in [1.165, 1.54) is 6.92 Å². The van der Waals surface area contributed by atoms with Crippen molar-refractivity contribution in [1.82, 2.24) is 14.1 Å². The third kappa shape index (κ3) is 3.82. The van der Waals surface area contributed by atoms with Crippen LogP contribution in [-0.2, 0) is 4.79 Å². The van der Waals surface area contributed by atoms with Crippen LogP contribution in [0.5, 0.6) is 0 Å². The molecule has 162 valence electrons. The second-order valence-electron chi connectivity index (χ2n) is 7.30. The summed E-state index contributed by atoms with van der Waals surface area (Å²) in [6, 6.07) is 6.61. The first kappa shape index (κ1) is 22.3. The molecule has 3 amide bonds. The van der Waals surface area contributed by atoms with Gasteiger partial charge in [-0.15, -0.1) is 0 Å². The molecule has 10 heteroatoms. The average Bonchev–Trinajstić information content (AvgIpc) is 3.33. The van der Waals surface area contributed by atoms with Crippen LogP contribution in [0.25, 0.3) is 0 Å². The molecular formula is C20H25N3O6S. The highest BCUT2D eigenvalue weighted by Gasteiger charge is 2.50. The molecule has 2 aliphatic rings. The summed E-state index contributed by atoms with van der Waals surface area (Å²) in [7, 11) is 0. The van der Waals surface area contributed by atoms with Gasteiger partial charge in [0.25, 0.3) is 11.8 Å². The maximum absolute atomic E-state index is 12.5. The largest absolute Gasteiger partial charge is 0.464 e. The molecule has 3 rings (SSSR count). The number of aliphatic hydroxyl groups excluding tert-OH is 1. The number of nitrogens with zero attached hydrogens (tertiary/aromatic N) is 3. The first-order valence-corrected chi connectivity index (χ1v) is 10.8. The fourth-order valence-electron chi connectivity index (χ4n) is 4.00. The topological polar surface area (TPSA) is 118 Å². The van der Waals surface area contributed by atoms with Gasteiger partial charge in [0.2, 0.25) is 0 Å². The number of aliphatic hydroxyl groups is 1. The van der Waals surface area contributed by atoms with Gasteiger partial charge in [0, 0.05) is 25.4 Å². The molecular weight excluding hydrogens is 410 g/mol. The van der Waals surface area contributed by atoms with E-state index in [0.717, 1.165) is 34.0 Å². The molecule has 1 unspecified atom stereocenters. The van der Waals surface area contributed by atoms with Crippen molar-refractivity contribution in [3.63, 3.8) is 0 Å². The molecule has 0 aliphatic carbocycles. The number of hydrogen-bond donors (Lipinski definition) is 2. The van der Waals surface area contributed by atoms with Crippen molar-refractivity contribution < 1.29 is 29.4 Å². The smallest absolute Gasteiger partial charge is 0.419 e. The van der Waals surface area contributed by atoms with Crippen LogP contribution in [-0.4, -0.2) is 85.7 Å². The molecule has 30 heavy (non-hydrogen) atoms. The molecule has 2 N–H and O–H groups in total. The van der Waals surface area contributed by atoms with Crippen LogP contribution in [0.3, 0.4) is 0 Å². The highest BCUT2D eigenvalue weighted by atomic mass is 32.2. The molecule has 0 radical (unpaired) electrons. The van der Waals surface area contributed by atoms with Crippen LogP contribution < -0.4 is 0 Å². The van der Waals surface area contributed by atoms with Crippen LogP contribution in [0.2, 0.25) is 0 Å². The van der Waals surface area contributed by atoms with Gasteiger partial charge in [-0.05, 0) is 50.3 Å². The summed E-state index contributed by atoms with van der Waals surface area (Å²) in [5, 5.41) is 19.8. The summed E-state index contributed by atoms with van der Waals surface area (Å²) in [6.45, 7) is 1.84. The highest BCUT2D eigenvalue weighted by Crippen LogP contribution is 2.32. The van der Waals surface area contributed by atoms with E-state index in [1.807, 2.05) is 0 Å². The molecule has 1 atom stereocenters. The lowest BCUT2D eigenvalue weighted by atomic mass is 10.1. The second-order valence-corrected chi connectivity index (χ2v) is 8.33. The van der Waals surface area contributed by atoms with E-state index in [9.17, 15) is 29.4 Å². The Labute approximate surface area is 178 Å². The normalized spacial score (nSPS) is 18.4. The Balaban J connectivity index is 1.65. The Morgan fingerprint density at radius 2 is 1.70 bits per heavy atom. The zero-order valence-corrected chi connectivity index (χ0v) is 17.6. The average molecular weight is 436 g/mol. The van der Waals surface area contributed by atoms with Gasteiger partial charge in [-0.25, -0.2) is 9.10 Å². The molecule has 0 aromatic heterocycles. The maximum atomic E-state index is 12.5. The summed E-state index contributed by atoms with van der Waals surface area (Å²) >= 11 is 0.908. The summed E-state index contributed by atoms with van der Waals surface area (Å²) in [4.78, 5) is 52.1. The number of fused-ring (bicyclic) bond motifs is 1. The van der Waals surface area contributed by atoms with Crippen LogP contribution in [0.1, 0.15) is 46.9 Å². The lowest BCUT2D eigenvalue weighted by Crippen LogP contribution is -2.65. The first-order valence-electron chi connectivity index (χ1n) is 9.83. The number of carboxylic acid groups (broad SMARTS) is 1. The Morgan fingerprint density at radius 1 is 1.13 bits per heavy atom. The number of ketones is 1. The van der Waals surface area contributed by atoms with E-state index < -0.39 is 24.1 Å². The lowest BCUT2D eigenvalue weighted by Gasteiger charge is -2.44. The Morgan fingerprint density at radius 3 is 2.17 bits per heavy atom. The van der Waals surface area contributed by atoms with Crippen molar-refractivity contribution in [3.8, 4) is 0 Å². The number of Topliss-reactive ketones (excluding diaryl/α,β-unsaturated/α-hetero) is 1. The van der Waals surface area contributed by atoms with Gasteiger partial charge in [-0.1, -0.05) is 12.1 Å². The number of likely N-dealkylation sites (tertiary alicyclic amines) is 1. The van der Waals surface area contributed by atoms with Crippen molar-refractivity contribution in [2.75, 3.05) is 32.0 Å². The molecule has 0 spiro atoms. The Hall–Kier alpha value is -2.43. The van der Waals surface area contributed by atoms with Gasteiger partial charge in [0.15, 0.2) is 11.4 Å². The number of imide groups is 1. The summed E-state index contributed by atoms with van der Waals surface area (Å²) < 4.78 is 0.920. The molecule has 0 saturated carbocycles. The molecule has 1 fully saturated rings. The van der Waals surface area contributed by atoms with Crippen molar-refractivity contribution in [3.05, 3.63) is 35.4 Å². The number of rotatable bonds is 9. The molecule has 2 aliphatic heterocycles. The number of hydrogen-bond acceptors (Lipinski definition) is 7. The summed E-state index contributed by atoms with van der Waals surface area (Å²) in [5.41, 5.74) is -0.901. The predicted octanol–water partition coefficient (Wildman–Crippen LogP) is 1.67. The van der Waals surface area contributed by atoms with E-state index >= 15 is 0 Å². The lowest BCUT2D eigenvalue weighted by molar-refractivity contribution is -0.139. The molecule has 1 aromatic carbocycles. The molecule has 1 saturated heterocycles. The van der Waals surface area contributed by atoms with E-state index in [-0.39, 0.29) is 24.1 Å². The van der Waals surface area contributed by atoms with Crippen molar-refractivity contribution in [2.24, 2.45) is 0 Å². The third-order valence-electron chi connectivity index (χ3n) is 5.55. The number of carbonyl (C=O) groups is 4. The molecule has 9 nitrogen and oxygen atoms in total. The quantitative estimate of drug-likeness (QED) is 0.342. The summed E-state index contributed by atoms with van der Waals surface area (Å²) in [5.74, 6) is -0.910. The van der Waals surface area contributed by atoms with E-state index in [0.29, 0.717) is 30.6 Å². The van der Waals surface area contributed by atoms with Crippen molar-refractivity contribution in [2.45, 2.75) is 31.8 Å². The van der Waals surface area contributed by atoms with Crippen LogP contribution >= 0.6 is 11.9 Å². The number of carbonyl (C=O) groups excluding carboxylic acids is 3. The van der Waals surface area contributed by atoms with Crippen molar-refractivity contribution >= 4 is 35.6 Å². The molecule has 1 aromatic rings. The van der Waals surface area contributed by atoms with Gasteiger partial charge >= 0.3 is 6.09 Å². The fourth-order valence-corrected chi connectivity index (χ4v) is 5.06. The minimum absolute atomic E-state index is 0.142. The minimum atomic E-state index is -1.64. The van der Waals surface area contributed by atoms with Gasteiger partial charge < -0.3 is 10.2 Å². The van der Waals surface area contributed by atoms with Crippen LogP contribution in [0.15, 0.2) is 24.3 Å². The first-order chi connectivity index (χ1) is 14.3. The zero-order chi connectivity index (χ0) is 21.9. The Kier molecular flexibility index (Phi) is 6.79. The van der Waals surface area contributed by atoms with Gasteiger partial charge in [-0.2, -0.15) is 0 Å². The molecule has 0 bridgehead atoms.